The van der Waals surface area contributed by atoms with Crippen molar-refractivity contribution in [3.05, 3.63) is 70.8 Å². The van der Waals surface area contributed by atoms with Gasteiger partial charge in [0, 0.05) is 24.9 Å². The van der Waals surface area contributed by atoms with Gasteiger partial charge in [-0.05, 0) is 34.7 Å². The van der Waals surface area contributed by atoms with Gasteiger partial charge in [0.1, 0.15) is 5.82 Å². The first kappa shape index (κ1) is 27.9. The number of methoxy groups -OCH3 is 1. The van der Waals surface area contributed by atoms with Crippen LogP contribution in [-0.4, -0.2) is 49.2 Å². The average molecular weight is 551 g/mol. The number of imidazole rings is 1. The van der Waals surface area contributed by atoms with E-state index >= 15 is 0 Å². The summed E-state index contributed by atoms with van der Waals surface area (Å²) in [6.45, 7) is 2.43. The van der Waals surface area contributed by atoms with Crippen LogP contribution in [-0.2, 0) is 32.8 Å². The summed E-state index contributed by atoms with van der Waals surface area (Å²) in [6.07, 6.45) is 2.27. The third-order valence-electron chi connectivity index (χ3n) is 6.61. The Kier molecular flexibility index (Phi) is 8.72. The second kappa shape index (κ2) is 12.2. The zero-order chi connectivity index (χ0) is 28.0. The summed E-state index contributed by atoms with van der Waals surface area (Å²) in [4.78, 5) is 29.1. The van der Waals surface area contributed by atoms with Crippen LogP contribution in [0.2, 0.25) is 5.15 Å². The van der Waals surface area contributed by atoms with Crippen LogP contribution in [0.15, 0.2) is 48.5 Å². The van der Waals surface area contributed by atoms with Crippen LogP contribution < -0.4 is 11.5 Å². The highest BCUT2D eigenvalue weighted by atomic mass is 35.5. The van der Waals surface area contributed by atoms with Crippen LogP contribution in [0.3, 0.4) is 0 Å². The molecule has 0 aliphatic heterocycles. The summed E-state index contributed by atoms with van der Waals surface area (Å²) in [5.41, 5.74) is 14.3. The van der Waals surface area contributed by atoms with Crippen molar-refractivity contribution < 1.29 is 14.3 Å². The number of nitrogens with two attached hydrogens (primary N) is 2. The molecule has 0 spiro atoms. The number of hydrogen-bond donors (Lipinski definition) is 3. The standard InChI is InChI=1S/C27H31ClN8O3/c1-3-4-9-22-31-24(28)23(27(30,26(38)39-2)15-14-21(29)37)36(22)16-17-10-12-18(13-11-17)19-7-5-6-8-20(19)25-32-34-35-33-25/h5-8,10-13H,3-4,9,14-16,30H2,1-2H3,(H2,29,37)(H,32,33,34,35)/t27-/m0/s1. The first-order chi connectivity index (χ1) is 18.8. The van der Waals surface area contributed by atoms with E-state index in [0.717, 1.165) is 35.1 Å². The van der Waals surface area contributed by atoms with Crippen molar-refractivity contribution in [2.45, 2.75) is 51.1 Å². The molecular formula is C27H31ClN8O3. The molecule has 204 valence electrons. The van der Waals surface area contributed by atoms with Gasteiger partial charge in [0.15, 0.2) is 10.7 Å². The summed E-state index contributed by atoms with van der Waals surface area (Å²) in [6, 6.07) is 15.8. The predicted molar refractivity (Wildman–Crippen MR) is 146 cm³/mol. The molecule has 0 unspecified atom stereocenters. The molecule has 2 aromatic heterocycles. The Bertz CT molecular complexity index is 1440. The third-order valence-corrected chi connectivity index (χ3v) is 6.88. The molecule has 0 aliphatic carbocycles. The number of primary amides is 1. The highest BCUT2D eigenvalue weighted by Gasteiger charge is 2.43. The molecular weight excluding hydrogens is 520 g/mol. The number of esters is 1. The number of rotatable bonds is 12. The van der Waals surface area contributed by atoms with Crippen LogP contribution in [0.5, 0.6) is 0 Å². The Morgan fingerprint density at radius 3 is 2.46 bits per heavy atom. The molecule has 2 aromatic carbocycles. The van der Waals surface area contributed by atoms with E-state index in [9.17, 15) is 9.59 Å². The van der Waals surface area contributed by atoms with Gasteiger partial charge in [-0.3, -0.25) is 4.79 Å². The van der Waals surface area contributed by atoms with Gasteiger partial charge in [0.05, 0.1) is 12.8 Å². The Hall–Kier alpha value is -4.09. The molecule has 4 aromatic rings. The van der Waals surface area contributed by atoms with Gasteiger partial charge in [0.2, 0.25) is 11.7 Å². The molecule has 1 atom stereocenters. The van der Waals surface area contributed by atoms with E-state index in [0.29, 0.717) is 30.3 Å². The normalized spacial score (nSPS) is 12.7. The molecule has 0 saturated carbocycles. The molecule has 1 amide bonds. The molecule has 0 saturated heterocycles. The topological polar surface area (TPSA) is 168 Å². The number of ether oxygens (including phenoxy) is 1. The zero-order valence-electron chi connectivity index (χ0n) is 21.9. The molecule has 0 fully saturated rings. The number of halogens is 1. The monoisotopic (exact) mass is 550 g/mol. The Morgan fingerprint density at radius 1 is 1.13 bits per heavy atom. The first-order valence-electron chi connectivity index (χ1n) is 12.6. The lowest BCUT2D eigenvalue weighted by Crippen LogP contribution is -2.48. The Labute approximate surface area is 230 Å². The number of benzene rings is 2. The van der Waals surface area contributed by atoms with Crippen LogP contribution in [0.25, 0.3) is 22.5 Å². The van der Waals surface area contributed by atoms with E-state index in [-0.39, 0.29) is 18.0 Å². The van der Waals surface area contributed by atoms with E-state index in [1.807, 2.05) is 53.1 Å². The minimum Gasteiger partial charge on any atom is -0.467 e. The number of aromatic amines is 1. The van der Waals surface area contributed by atoms with Crippen molar-refractivity contribution in [1.82, 2.24) is 30.2 Å². The number of tetrazole rings is 1. The first-order valence-corrected chi connectivity index (χ1v) is 13.0. The summed E-state index contributed by atoms with van der Waals surface area (Å²) >= 11 is 6.61. The number of hydrogen-bond acceptors (Lipinski definition) is 8. The van der Waals surface area contributed by atoms with Crippen molar-refractivity contribution >= 4 is 23.5 Å². The molecule has 0 aliphatic rings. The SMILES string of the molecule is CCCCc1nc(Cl)c([C@@](N)(CCC(N)=O)C(=O)OC)n1Cc1ccc(-c2ccccc2-c2nn[nH]n2)cc1. The van der Waals surface area contributed by atoms with Crippen molar-refractivity contribution in [2.75, 3.05) is 7.11 Å². The number of nitrogens with zero attached hydrogens (tertiary/aromatic N) is 5. The van der Waals surface area contributed by atoms with E-state index in [1.165, 1.54) is 7.11 Å². The minimum atomic E-state index is -1.71. The van der Waals surface area contributed by atoms with Crippen molar-refractivity contribution in [1.29, 1.82) is 0 Å². The van der Waals surface area contributed by atoms with E-state index < -0.39 is 17.4 Å². The lowest BCUT2D eigenvalue weighted by molar-refractivity contribution is -0.148. The van der Waals surface area contributed by atoms with E-state index in [1.54, 1.807) is 0 Å². The van der Waals surface area contributed by atoms with Crippen molar-refractivity contribution in [2.24, 2.45) is 11.5 Å². The number of aryl methyl sites for hydroxylation is 1. The number of unbranched alkanes of at least 4 members (excludes halogenated alkanes) is 1. The highest BCUT2D eigenvalue weighted by Crippen LogP contribution is 2.34. The second-order valence-electron chi connectivity index (χ2n) is 9.26. The second-order valence-corrected chi connectivity index (χ2v) is 9.62. The Balaban J connectivity index is 1.73. The number of amides is 1. The fourth-order valence-electron chi connectivity index (χ4n) is 4.59. The van der Waals surface area contributed by atoms with E-state index in [2.05, 4.69) is 32.5 Å². The van der Waals surface area contributed by atoms with Gasteiger partial charge in [-0.1, -0.05) is 73.5 Å². The van der Waals surface area contributed by atoms with Crippen molar-refractivity contribution in [3.63, 3.8) is 0 Å². The van der Waals surface area contributed by atoms with Crippen LogP contribution >= 0.6 is 11.6 Å². The molecule has 39 heavy (non-hydrogen) atoms. The number of carbonyl (C=O) groups excluding carboxylic acids is 2. The highest BCUT2D eigenvalue weighted by molar-refractivity contribution is 6.30. The largest absolute Gasteiger partial charge is 0.467 e. The van der Waals surface area contributed by atoms with Crippen LogP contribution in [0.1, 0.15) is 49.7 Å². The summed E-state index contributed by atoms with van der Waals surface area (Å²) < 4.78 is 6.89. The minimum absolute atomic E-state index is 0.0700. The van der Waals surface area contributed by atoms with Crippen LogP contribution in [0, 0.1) is 0 Å². The number of carbonyl (C=O) groups is 2. The maximum Gasteiger partial charge on any atom is 0.332 e. The molecule has 2 heterocycles. The van der Waals surface area contributed by atoms with Crippen LogP contribution in [0.4, 0.5) is 0 Å². The van der Waals surface area contributed by atoms with E-state index in [4.69, 9.17) is 27.8 Å². The summed E-state index contributed by atoms with van der Waals surface area (Å²) in [5.74, 6) is -0.103. The molecule has 4 rings (SSSR count). The molecule has 0 radical (unpaired) electrons. The van der Waals surface area contributed by atoms with Gasteiger partial charge < -0.3 is 20.8 Å². The third kappa shape index (κ3) is 5.99. The fourth-order valence-corrected chi connectivity index (χ4v) is 4.95. The zero-order valence-corrected chi connectivity index (χ0v) is 22.6. The lowest BCUT2D eigenvalue weighted by Gasteiger charge is -2.28. The molecule has 12 heteroatoms. The lowest BCUT2D eigenvalue weighted by atomic mass is 9.90. The maximum absolute atomic E-state index is 12.9. The van der Waals surface area contributed by atoms with Crippen molar-refractivity contribution in [3.8, 4) is 22.5 Å². The smallest absolute Gasteiger partial charge is 0.332 e. The van der Waals surface area contributed by atoms with Gasteiger partial charge in [-0.25, -0.2) is 9.78 Å². The average Bonchev–Trinajstić information content (AvgIpc) is 3.59. The Morgan fingerprint density at radius 2 is 1.85 bits per heavy atom. The number of H-pyrrole nitrogens is 1. The molecule has 11 nitrogen and oxygen atoms in total. The number of nitrogens with one attached hydrogen (secondary N) is 1. The van der Waals surface area contributed by atoms with Gasteiger partial charge >= 0.3 is 5.97 Å². The number of aromatic nitrogens is 6. The predicted octanol–water partition coefficient (Wildman–Crippen LogP) is 3.37. The maximum atomic E-state index is 12.9. The van der Waals surface area contributed by atoms with Gasteiger partial charge in [-0.2, -0.15) is 5.21 Å². The van der Waals surface area contributed by atoms with Gasteiger partial charge in [-0.15, -0.1) is 10.2 Å². The molecule has 0 bridgehead atoms. The quantitative estimate of drug-likeness (QED) is 0.225. The fraction of sp³-hybridized carbons (Fsp3) is 0.333. The molecule has 5 N–H and O–H groups in total. The summed E-state index contributed by atoms with van der Waals surface area (Å²) in [5, 5.41) is 14.5. The summed E-state index contributed by atoms with van der Waals surface area (Å²) in [7, 11) is 1.24. The van der Waals surface area contributed by atoms with Gasteiger partial charge in [0.25, 0.3) is 0 Å².